The lowest BCUT2D eigenvalue weighted by Gasteiger charge is -2.34. The van der Waals surface area contributed by atoms with Crippen molar-refractivity contribution in [3.05, 3.63) is 22.4 Å². The van der Waals surface area contributed by atoms with Crippen molar-refractivity contribution in [2.45, 2.75) is 52.7 Å². The number of rotatable bonds is 6. The van der Waals surface area contributed by atoms with Gasteiger partial charge in [0.25, 0.3) is 0 Å². The van der Waals surface area contributed by atoms with Crippen LogP contribution in [0.1, 0.15) is 40.2 Å². The van der Waals surface area contributed by atoms with E-state index in [2.05, 4.69) is 68.7 Å². The van der Waals surface area contributed by atoms with Gasteiger partial charge in [-0.05, 0) is 56.1 Å². The fraction of sp³-hybridized carbons (Fsp3) is 0.733. The third-order valence-electron chi connectivity index (χ3n) is 3.19. The largest absolute Gasteiger partial charge is 0.311 e. The summed E-state index contributed by atoms with van der Waals surface area (Å²) in [5.41, 5.74) is 1.61. The Kier molecular flexibility index (Phi) is 5.83. The minimum Gasteiger partial charge on any atom is -0.311 e. The Labute approximate surface area is 116 Å². The number of hydrogen-bond donors (Lipinski definition) is 1. The predicted octanol–water partition coefficient (Wildman–Crippen LogP) is 3.59. The van der Waals surface area contributed by atoms with Crippen molar-refractivity contribution >= 4 is 11.3 Å². The summed E-state index contributed by atoms with van der Waals surface area (Å²) >= 11 is 1.78. The molecule has 1 atom stereocenters. The third kappa shape index (κ3) is 5.51. The van der Waals surface area contributed by atoms with Crippen LogP contribution >= 0.6 is 11.3 Å². The van der Waals surface area contributed by atoms with Gasteiger partial charge in [-0.15, -0.1) is 0 Å². The zero-order chi connectivity index (χ0) is 13.8. The maximum atomic E-state index is 3.62. The molecule has 0 aromatic carbocycles. The highest BCUT2D eigenvalue weighted by Crippen LogP contribution is 2.15. The molecule has 1 aromatic heterocycles. The lowest BCUT2D eigenvalue weighted by molar-refractivity contribution is 0.170. The summed E-state index contributed by atoms with van der Waals surface area (Å²) in [7, 11) is 2.23. The molecular formula is C15H28N2S. The van der Waals surface area contributed by atoms with E-state index in [0.717, 1.165) is 13.1 Å². The Morgan fingerprint density at radius 2 is 2.00 bits per heavy atom. The van der Waals surface area contributed by atoms with Crippen LogP contribution in [0.25, 0.3) is 0 Å². The van der Waals surface area contributed by atoms with Crippen LogP contribution in [0.4, 0.5) is 0 Å². The van der Waals surface area contributed by atoms with Gasteiger partial charge >= 0.3 is 0 Å². The first-order valence-corrected chi connectivity index (χ1v) is 7.70. The molecule has 0 aliphatic heterocycles. The van der Waals surface area contributed by atoms with Crippen LogP contribution in [0.2, 0.25) is 0 Å². The molecule has 3 heteroatoms. The summed E-state index contributed by atoms with van der Waals surface area (Å²) in [5, 5.41) is 8.02. The summed E-state index contributed by atoms with van der Waals surface area (Å²) in [6.07, 6.45) is 0. The van der Waals surface area contributed by atoms with Crippen molar-refractivity contribution in [1.29, 1.82) is 0 Å². The fourth-order valence-corrected chi connectivity index (χ4v) is 2.76. The highest BCUT2D eigenvalue weighted by molar-refractivity contribution is 7.07. The van der Waals surface area contributed by atoms with Crippen molar-refractivity contribution in [2.24, 2.45) is 5.92 Å². The summed E-state index contributed by atoms with van der Waals surface area (Å²) in [4.78, 5) is 2.46. The van der Waals surface area contributed by atoms with Crippen molar-refractivity contribution in [2.75, 3.05) is 13.6 Å². The molecule has 0 fully saturated rings. The van der Waals surface area contributed by atoms with Gasteiger partial charge in [0.15, 0.2) is 0 Å². The van der Waals surface area contributed by atoms with E-state index in [1.54, 1.807) is 11.3 Å². The number of likely N-dealkylation sites (N-methyl/N-ethyl adjacent to an activating group) is 1. The maximum Gasteiger partial charge on any atom is 0.0244 e. The van der Waals surface area contributed by atoms with Gasteiger partial charge in [-0.2, -0.15) is 11.3 Å². The van der Waals surface area contributed by atoms with Crippen molar-refractivity contribution in [1.82, 2.24) is 10.2 Å². The van der Waals surface area contributed by atoms with Crippen LogP contribution < -0.4 is 5.32 Å². The molecule has 1 N–H and O–H groups in total. The number of nitrogens with zero attached hydrogens (tertiary/aromatic N) is 1. The molecule has 1 aromatic rings. The molecule has 1 heterocycles. The molecular weight excluding hydrogens is 240 g/mol. The number of thiophene rings is 1. The second-order valence-corrected chi connectivity index (χ2v) is 7.27. The van der Waals surface area contributed by atoms with E-state index in [0.29, 0.717) is 12.0 Å². The van der Waals surface area contributed by atoms with Crippen LogP contribution in [0.3, 0.4) is 0 Å². The molecule has 0 saturated carbocycles. The van der Waals surface area contributed by atoms with Crippen molar-refractivity contribution in [3.8, 4) is 0 Å². The Bertz CT molecular complexity index is 325. The van der Waals surface area contributed by atoms with Gasteiger partial charge in [0.05, 0.1) is 0 Å². The van der Waals surface area contributed by atoms with Crippen LogP contribution in [-0.4, -0.2) is 30.1 Å². The Hall–Kier alpha value is -0.380. The topological polar surface area (TPSA) is 15.3 Å². The summed E-state index contributed by atoms with van der Waals surface area (Å²) < 4.78 is 0. The highest BCUT2D eigenvalue weighted by Gasteiger charge is 2.21. The second kappa shape index (κ2) is 6.69. The van der Waals surface area contributed by atoms with E-state index in [9.17, 15) is 0 Å². The second-order valence-electron chi connectivity index (χ2n) is 6.49. The lowest BCUT2D eigenvalue weighted by Crippen LogP contribution is -2.48. The lowest BCUT2D eigenvalue weighted by atomic mass is 10.0. The van der Waals surface area contributed by atoms with Crippen molar-refractivity contribution in [3.63, 3.8) is 0 Å². The molecule has 1 unspecified atom stereocenters. The van der Waals surface area contributed by atoms with Crippen LogP contribution in [0.15, 0.2) is 16.8 Å². The molecule has 104 valence electrons. The SMILES string of the molecule is CC(C)C(CNC(C)(C)C)N(C)Cc1ccsc1. The first-order chi connectivity index (χ1) is 8.29. The van der Waals surface area contributed by atoms with Crippen LogP contribution in [0.5, 0.6) is 0 Å². The van der Waals surface area contributed by atoms with E-state index < -0.39 is 0 Å². The molecule has 0 aliphatic carbocycles. The number of nitrogens with one attached hydrogen (secondary N) is 1. The van der Waals surface area contributed by atoms with Gasteiger partial charge in [-0.1, -0.05) is 13.8 Å². The zero-order valence-corrected chi connectivity index (χ0v) is 13.5. The molecule has 1 rings (SSSR count). The average Bonchev–Trinajstić information content (AvgIpc) is 2.67. The Balaban J connectivity index is 2.55. The van der Waals surface area contributed by atoms with Gasteiger partial charge < -0.3 is 5.32 Å². The van der Waals surface area contributed by atoms with E-state index >= 15 is 0 Å². The monoisotopic (exact) mass is 268 g/mol. The Morgan fingerprint density at radius 1 is 1.33 bits per heavy atom. The maximum absolute atomic E-state index is 3.62. The van der Waals surface area contributed by atoms with E-state index in [4.69, 9.17) is 0 Å². The van der Waals surface area contributed by atoms with Gasteiger partial charge in [0, 0.05) is 24.7 Å². The van der Waals surface area contributed by atoms with Gasteiger partial charge in [-0.3, -0.25) is 4.90 Å². The zero-order valence-electron chi connectivity index (χ0n) is 12.7. The Morgan fingerprint density at radius 3 is 2.44 bits per heavy atom. The minimum absolute atomic E-state index is 0.191. The molecule has 0 bridgehead atoms. The molecule has 2 nitrogen and oxygen atoms in total. The molecule has 0 aliphatic rings. The summed E-state index contributed by atoms with van der Waals surface area (Å²) in [5.74, 6) is 0.656. The van der Waals surface area contributed by atoms with Gasteiger partial charge in [-0.25, -0.2) is 0 Å². The smallest absolute Gasteiger partial charge is 0.0244 e. The quantitative estimate of drug-likeness (QED) is 0.848. The first-order valence-electron chi connectivity index (χ1n) is 6.76. The minimum atomic E-state index is 0.191. The fourth-order valence-electron chi connectivity index (χ4n) is 2.10. The van der Waals surface area contributed by atoms with E-state index in [1.165, 1.54) is 5.56 Å². The van der Waals surface area contributed by atoms with Gasteiger partial charge in [0.2, 0.25) is 0 Å². The predicted molar refractivity (Wildman–Crippen MR) is 82.2 cm³/mol. The number of hydrogen-bond acceptors (Lipinski definition) is 3. The molecule has 0 spiro atoms. The van der Waals surface area contributed by atoms with Gasteiger partial charge in [0.1, 0.15) is 0 Å². The summed E-state index contributed by atoms with van der Waals surface area (Å²) in [6, 6.07) is 2.79. The highest BCUT2D eigenvalue weighted by atomic mass is 32.1. The van der Waals surface area contributed by atoms with Crippen LogP contribution in [-0.2, 0) is 6.54 Å². The molecule has 0 amide bonds. The molecule has 0 radical (unpaired) electrons. The standard InChI is InChI=1S/C15H28N2S/c1-12(2)14(9-16-15(3,4)5)17(6)10-13-7-8-18-11-13/h7-8,11-12,14,16H,9-10H2,1-6H3. The van der Waals surface area contributed by atoms with E-state index in [-0.39, 0.29) is 5.54 Å². The van der Waals surface area contributed by atoms with Crippen LogP contribution in [0, 0.1) is 5.92 Å². The normalized spacial score (nSPS) is 14.4. The molecule has 0 saturated heterocycles. The first kappa shape index (κ1) is 15.7. The average molecular weight is 268 g/mol. The van der Waals surface area contributed by atoms with E-state index in [1.807, 2.05) is 0 Å². The summed E-state index contributed by atoms with van der Waals surface area (Å²) in [6.45, 7) is 13.4. The third-order valence-corrected chi connectivity index (χ3v) is 3.92. The van der Waals surface area contributed by atoms with Crippen molar-refractivity contribution < 1.29 is 0 Å². The molecule has 18 heavy (non-hydrogen) atoms.